The summed E-state index contributed by atoms with van der Waals surface area (Å²) in [5.74, 6) is 13.2. The van der Waals surface area contributed by atoms with Gasteiger partial charge >= 0.3 is 77.6 Å². The van der Waals surface area contributed by atoms with Crippen molar-refractivity contribution in [1.29, 1.82) is 0 Å². The Bertz CT molecular complexity index is 4060. The van der Waals surface area contributed by atoms with Gasteiger partial charge in [0.15, 0.2) is 0 Å². The molecule has 20 fully saturated rings. The maximum Gasteiger partial charge on any atom is 0.317 e. The van der Waals surface area contributed by atoms with Gasteiger partial charge in [-0.3, -0.25) is 62.3 Å². The van der Waals surface area contributed by atoms with Crippen molar-refractivity contribution in [2.75, 3.05) is 6.61 Å². The Labute approximate surface area is 903 Å². The van der Waals surface area contributed by atoms with Gasteiger partial charge in [-0.25, -0.2) is 0 Å². The van der Waals surface area contributed by atoms with Crippen molar-refractivity contribution < 1.29 is 115 Å². The SMILES string of the molecule is C.C.C.C.C.C.C.C.C.C.C.C.C.C.CC(CC(=O)OC(C)(C)C12CC3CC(CC(C3)C1)C2)OC(=O)C1CC2CC1C(C)C2C.CC1C(=O)OC(=O)C1C.CC1C(=O)OC(=O)C1C.CC1C(=O)OC(=O)C1C.CC1C2CC(C(=O)OCCCC(C)(C)O)C(C2)C1C.CCC1(OC(=O)CC(C)OC(=O)C2CC3CC2C(C)C3C)CC2CCC1C2.CCC1(OC(=O)CC(C)OC(=O)C2CC3CC2C2C4CC(C(C)C4C)C32)CCCC1. The van der Waals surface area contributed by atoms with Crippen LogP contribution in [0.5, 0.6) is 0 Å². The molecule has 0 aromatic heterocycles. The zero-order valence-electron chi connectivity index (χ0n) is 85.7. The Morgan fingerprint density at radius 2 is 0.682 bits per heavy atom. The average Bonchev–Trinajstić information content (AvgIpc) is 1.53. The standard InChI is InChI=1S/C27H42O4.C26H40O4.C23H36O4.C16H28O3.3C6H8O3.14CH4/c1-15(30-25(29)23-11-21-10-22(23)17(3)16(21)2)6-24(28)31-26(4,5)27-12-18-7-19(13-27)9-20(8-18)14-27;1-5-26(8-6-7-9-26)30-22(27)10-14(2)29-25(28)21-12-17-11-20(21)24-19-13-18(23(17)24)15(3)16(19)4;1-5-23(12-16-6-7-18(23)9-16)27-21(24)8-13(2)26-22(25)20-11-17-10-19(20)15(4)14(17)3;1-10-11(2)13-8-12(10)9-14(13)15(17)19-7-5-6-16(3,4)18;3*1-3-4(2)6(8)9-5(3)7;;;;;;;;;;;;;;/h15-23H,6-14H2,1-5H3;14-21,23-24H,5-13H2,1-4H3;13-20H,5-12H2,1-4H3;10-14,18H,5-9H2,1-4H3;3*3-4H,1-2H3;14*1H4. The van der Waals surface area contributed by atoms with Gasteiger partial charge in [0.2, 0.25) is 0 Å². The number of ether oxygens (including phenoxy) is 10. The predicted octanol–water partition coefficient (Wildman–Crippen LogP) is 28.8. The van der Waals surface area contributed by atoms with E-state index in [9.17, 15) is 67.4 Å². The molecule has 20 aliphatic rings. The van der Waals surface area contributed by atoms with Crippen LogP contribution < -0.4 is 0 Å². The minimum atomic E-state index is -0.664. The lowest BCUT2D eigenvalue weighted by Gasteiger charge is -2.61. The number of hydrogen-bond acceptors (Lipinski definition) is 24. The van der Waals surface area contributed by atoms with E-state index in [4.69, 9.17) is 33.2 Å². The third-order valence-corrected chi connectivity index (χ3v) is 40.3. The normalized spacial score (nSPS) is 38.6. The number of aliphatic hydroxyl groups is 1. The van der Waals surface area contributed by atoms with Crippen LogP contribution >= 0.6 is 0 Å². The maximum atomic E-state index is 13.1. The molecule has 17 saturated carbocycles. The molecule has 24 heteroatoms. The summed E-state index contributed by atoms with van der Waals surface area (Å²) in [4.78, 5) is 152. The highest BCUT2D eigenvalue weighted by molar-refractivity contribution is 5.97. The third-order valence-electron chi connectivity index (χ3n) is 40.3. The molecule has 36 atom stereocenters. The van der Waals surface area contributed by atoms with Gasteiger partial charge in [-0.15, -0.1) is 0 Å². The van der Waals surface area contributed by atoms with Crippen molar-refractivity contribution in [2.45, 2.75) is 497 Å². The van der Waals surface area contributed by atoms with E-state index in [0.717, 1.165) is 166 Å². The molecule has 1 N–H and O–H groups in total. The van der Waals surface area contributed by atoms with Gasteiger partial charge in [-0.1, -0.05) is 215 Å². The molecule has 3 aliphatic heterocycles. The highest BCUT2D eigenvalue weighted by Gasteiger charge is 2.68. The highest BCUT2D eigenvalue weighted by Crippen LogP contribution is 2.72. The van der Waals surface area contributed by atoms with Gasteiger partial charge in [0.1, 0.15) is 35.1 Å². The number of cyclic esters (lactones) is 6. The van der Waals surface area contributed by atoms with Crippen molar-refractivity contribution in [3.8, 4) is 0 Å². The Morgan fingerprint density at radius 3 is 0.993 bits per heavy atom. The first-order valence-electron chi connectivity index (χ1n) is 53.3. The average molecular weight is 2100 g/mol. The van der Waals surface area contributed by atoms with Gasteiger partial charge in [0, 0.05) is 5.41 Å². The second-order valence-electron chi connectivity index (χ2n) is 48.9. The van der Waals surface area contributed by atoms with Gasteiger partial charge in [-0.05, 0) is 370 Å². The molecular weight excluding hydrogens is 1870 g/mol. The maximum absolute atomic E-state index is 13.1. The van der Waals surface area contributed by atoms with E-state index in [1.807, 2.05) is 20.8 Å². The fourth-order valence-corrected chi connectivity index (χ4v) is 31.1. The number of rotatable bonds is 23. The molecule has 0 radical (unpaired) electrons. The second-order valence-corrected chi connectivity index (χ2v) is 48.9. The van der Waals surface area contributed by atoms with Crippen LogP contribution in [0.15, 0.2) is 0 Å². The number of carbonyl (C=O) groups excluding carboxylic acids is 13. The first-order chi connectivity index (χ1) is 62.9. The zero-order chi connectivity index (χ0) is 97.9. The van der Waals surface area contributed by atoms with Crippen LogP contribution in [0, 0.1) is 213 Å². The van der Waals surface area contributed by atoms with Crippen molar-refractivity contribution in [3.05, 3.63) is 0 Å². The molecule has 866 valence electrons. The van der Waals surface area contributed by atoms with Crippen LogP contribution in [0.3, 0.4) is 0 Å². The van der Waals surface area contributed by atoms with Crippen LogP contribution in [-0.2, 0) is 110 Å². The minimum absolute atomic E-state index is 0. The lowest BCUT2D eigenvalue weighted by atomic mass is 9.46. The summed E-state index contributed by atoms with van der Waals surface area (Å²) in [6.07, 6.45) is 29.4. The van der Waals surface area contributed by atoms with Crippen molar-refractivity contribution in [1.82, 2.24) is 0 Å². The lowest BCUT2D eigenvalue weighted by Crippen LogP contribution is -2.57. The molecule has 20 rings (SSSR count). The van der Waals surface area contributed by atoms with Gasteiger partial charge < -0.3 is 52.5 Å². The number of carbonyl (C=O) groups is 13. The molecule has 24 nitrogen and oxygen atoms in total. The largest absolute Gasteiger partial charge is 0.465 e. The van der Waals surface area contributed by atoms with E-state index in [1.54, 1.807) is 55.4 Å². The number of esters is 13. The molecular formula is C124H226O24. The lowest BCUT2D eigenvalue weighted by molar-refractivity contribution is -0.200. The summed E-state index contributed by atoms with van der Waals surface area (Å²) in [6.45, 7) is 46.9. The van der Waals surface area contributed by atoms with Gasteiger partial charge in [0.25, 0.3) is 0 Å². The fourth-order valence-electron chi connectivity index (χ4n) is 31.1. The molecule has 16 bridgehead atoms. The smallest absolute Gasteiger partial charge is 0.317 e. The van der Waals surface area contributed by atoms with Crippen LogP contribution in [0.25, 0.3) is 0 Å². The van der Waals surface area contributed by atoms with E-state index in [-0.39, 0.29) is 241 Å². The second kappa shape index (κ2) is 57.9. The Kier molecular flexibility index (Phi) is 56.2. The van der Waals surface area contributed by atoms with Crippen LogP contribution in [-0.4, -0.2) is 130 Å². The molecule has 3 heterocycles. The molecule has 0 spiro atoms. The molecule has 0 amide bonds. The zero-order valence-corrected chi connectivity index (χ0v) is 85.7. The Balaban J connectivity index is 0. The van der Waals surface area contributed by atoms with E-state index >= 15 is 0 Å². The van der Waals surface area contributed by atoms with E-state index in [0.29, 0.717) is 78.1 Å². The van der Waals surface area contributed by atoms with Crippen LogP contribution in [0.4, 0.5) is 0 Å². The van der Waals surface area contributed by atoms with Gasteiger partial charge in [-0.2, -0.15) is 0 Å². The van der Waals surface area contributed by atoms with E-state index in [1.165, 1.54) is 83.5 Å². The summed E-state index contributed by atoms with van der Waals surface area (Å²) in [5, 5.41) is 9.60. The summed E-state index contributed by atoms with van der Waals surface area (Å²) >= 11 is 0. The minimum Gasteiger partial charge on any atom is -0.465 e. The third kappa shape index (κ3) is 30.7. The van der Waals surface area contributed by atoms with Crippen molar-refractivity contribution in [3.63, 3.8) is 0 Å². The van der Waals surface area contributed by atoms with Crippen LogP contribution in [0.1, 0.15) is 456 Å². The van der Waals surface area contributed by atoms with Crippen LogP contribution in [0.2, 0.25) is 0 Å². The molecule has 0 aromatic rings. The molecule has 17 aliphatic carbocycles. The van der Waals surface area contributed by atoms with E-state index < -0.39 is 65.3 Å². The van der Waals surface area contributed by atoms with Crippen molar-refractivity contribution >= 4 is 77.6 Å². The predicted molar refractivity (Wildman–Crippen MR) is 593 cm³/mol. The fraction of sp³-hybridized carbons (Fsp3) is 0.895. The first kappa shape index (κ1) is 144. The number of fused-ring (bicyclic) bond motifs is 17. The van der Waals surface area contributed by atoms with E-state index in [2.05, 4.69) is 97.3 Å². The molecule has 36 unspecified atom stereocenters. The summed E-state index contributed by atoms with van der Waals surface area (Å²) in [5.41, 5.74) is -1.48. The quantitative estimate of drug-likeness (QED) is 0.0326. The first-order valence-corrected chi connectivity index (χ1v) is 53.3. The summed E-state index contributed by atoms with van der Waals surface area (Å²) < 4.78 is 53.6. The Morgan fingerprint density at radius 1 is 0.358 bits per heavy atom. The molecule has 148 heavy (non-hydrogen) atoms. The topological polar surface area (TPSA) is 334 Å². The highest BCUT2D eigenvalue weighted by atomic mass is 16.6. The van der Waals surface area contributed by atoms with Gasteiger partial charge in [0.05, 0.1) is 90.6 Å². The monoisotopic (exact) mass is 2100 g/mol. The molecule has 0 aromatic carbocycles. The number of hydrogen-bond donors (Lipinski definition) is 1. The van der Waals surface area contributed by atoms with Crippen molar-refractivity contribution in [2.24, 2.45) is 213 Å². The summed E-state index contributed by atoms with van der Waals surface area (Å²) in [6, 6.07) is 0. The Hall–Kier alpha value is -6.33. The molecule has 3 saturated heterocycles. The summed E-state index contributed by atoms with van der Waals surface area (Å²) in [7, 11) is 0.